The summed E-state index contributed by atoms with van der Waals surface area (Å²) in [6.45, 7) is 6.77. The molecule has 0 aliphatic carbocycles. The molecular formula is C28H32N6O. The monoisotopic (exact) mass is 468 g/mol. The molecule has 0 saturated carbocycles. The topological polar surface area (TPSA) is 66.3 Å². The van der Waals surface area contributed by atoms with Crippen molar-refractivity contribution in [3.8, 4) is 11.3 Å². The van der Waals surface area contributed by atoms with Gasteiger partial charge in [-0.25, -0.2) is 4.98 Å². The molecule has 180 valence electrons. The lowest BCUT2D eigenvalue weighted by Crippen LogP contribution is -2.47. The Morgan fingerprint density at radius 1 is 0.971 bits per heavy atom. The van der Waals surface area contributed by atoms with Crippen molar-refractivity contribution in [2.75, 3.05) is 39.8 Å². The third-order valence-electron chi connectivity index (χ3n) is 6.83. The van der Waals surface area contributed by atoms with Crippen LogP contribution < -0.4 is 5.32 Å². The van der Waals surface area contributed by atoms with Crippen molar-refractivity contribution in [2.45, 2.75) is 13.0 Å². The minimum absolute atomic E-state index is 0.103. The first kappa shape index (κ1) is 23.2. The summed E-state index contributed by atoms with van der Waals surface area (Å²) in [5.74, 6) is -0.103. The summed E-state index contributed by atoms with van der Waals surface area (Å²) in [5.41, 5.74) is 4.97. The molecule has 3 heterocycles. The summed E-state index contributed by atoms with van der Waals surface area (Å²) in [6, 6.07) is 22.0. The van der Waals surface area contributed by atoms with Gasteiger partial charge in [-0.1, -0.05) is 60.7 Å². The molecule has 1 fully saturated rings. The van der Waals surface area contributed by atoms with Crippen LogP contribution >= 0.6 is 0 Å². The van der Waals surface area contributed by atoms with Crippen molar-refractivity contribution < 1.29 is 4.79 Å². The molecular weight excluding hydrogens is 436 g/mol. The standard InChI is InChI=1S/C28H32N6O/c1-20-26-23(18-24(21-10-6-4-7-11-21)29-27(26)33(3)31-20)28(35)30-25(22-12-8-5-9-13-22)19-34-16-14-32(2)15-17-34/h4-13,18,25H,14-17,19H2,1-3H3,(H,30,35). The summed E-state index contributed by atoms with van der Waals surface area (Å²) in [4.78, 5) is 23.5. The molecule has 5 rings (SSSR count). The first-order chi connectivity index (χ1) is 17.0. The van der Waals surface area contributed by atoms with Gasteiger partial charge in [0.05, 0.1) is 28.4 Å². The summed E-state index contributed by atoms with van der Waals surface area (Å²) < 4.78 is 1.76. The molecule has 0 bridgehead atoms. The van der Waals surface area contributed by atoms with E-state index in [4.69, 9.17) is 4.98 Å². The van der Waals surface area contributed by atoms with Crippen molar-refractivity contribution in [1.29, 1.82) is 0 Å². The van der Waals surface area contributed by atoms with E-state index in [0.29, 0.717) is 11.2 Å². The molecule has 1 N–H and O–H groups in total. The van der Waals surface area contributed by atoms with Crippen molar-refractivity contribution in [3.63, 3.8) is 0 Å². The summed E-state index contributed by atoms with van der Waals surface area (Å²) in [5, 5.41) is 8.73. The molecule has 0 spiro atoms. The zero-order valence-corrected chi connectivity index (χ0v) is 20.6. The van der Waals surface area contributed by atoms with Crippen molar-refractivity contribution in [3.05, 3.63) is 83.6 Å². The number of hydrogen-bond donors (Lipinski definition) is 1. The van der Waals surface area contributed by atoms with Crippen LogP contribution in [-0.4, -0.2) is 70.2 Å². The van der Waals surface area contributed by atoms with Gasteiger partial charge < -0.3 is 10.2 Å². The van der Waals surface area contributed by atoms with Crippen LogP contribution in [0.25, 0.3) is 22.3 Å². The van der Waals surface area contributed by atoms with E-state index in [9.17, 15) is 4.79 Å². The first-order valence-corrected chi connectivity index (χ1v) is 12.2. The predicted octanol–water partition coefficient (Wildman–Crippen LogP) is 3.66. The van der Waals surface area contributed by atoms with E-state index in [2.05, 4.69) is 39.4 Å². The number of rotatable bonds is 6. The van der Waals surface area contributed by atoms with Gasteiger partial charge in [-0.15, -0.1) is 0 Å². The summed E-state index contributed by atoms with van der Waals surface area (Å²) >= 11 is 0. The lowest BCUT2D eigenvalue weighted by Gasteiger charge is -2.35. The van der Waals surface area contributed by atoms with E-state index >= 15 is 0 Å². The van der Waals surface area contributed by atoms with Gasteiger partial charge in [-0.3, -0.25) is 14.4 Å². The Labute approximate surface area is 206 Å². The molecule has 1 aliphatic rings. The third-order valence-corrected chi connectivity index (χ3v) is 6.83. The van der Waals surface area contributed by atoms with Gasteiger partial charge in [0.25, 0.3) is 5.91 Å². The Bertz CT molecular complexity index is 1310. The van der Waals surface area contributed by atoms with Crippen molar-refractivity contribution >= 4 is 16.9 Å². The van der Waals surface area contributed by atoms with Crippen LogP contribution in [0, 0.1) is 6.92 Å². The number of piperazine rings is 1. The molecule has 0 radical (unpaired) electrons. The molecule has 1 aliphatic heterocycles. The molecule has 1 amide bonds. The second-order valence-corrected chi connectivity index (χ2v) is 9.37. The highest BCUT2D eigenvalue weighted by Crippen LogP contribution is 2.27. The minimum atomic E-state index is -0.118. The highest BCUT2D eigenvalue weighted by molar-refractivity contribution is 6.07. The maximum absolute atomic E-state index is 13.9. The van der Waals surface area contributed by atoms with Crippen LogP contribution in [0.1, 0.15) is 27.7 Å². The van der Waals surface area contributed by atoms with E-state index in [1.165, 1.54) is 0 Å². The quantitative estimate of drug-likeness (QED) is 0.468. The lowest BCUT2D eigenvalue weighted by molar-refractivity contribution is 0.0909. The Balaban J connectivity index is 1.51. The van der Waals surface area contributed by atoms with E-state index < -0.39 is 0 Å². The molecule has 2 aromatic heterocycles. The number of carbonyl (C=O) groups is 1. The number of amides is 1. The van der Waals surface area contributed by atoms with Crippen LogP contribution in [0.2, 0.25) is 0 Å². The number of benzene rings is 2. The maximum atomic E-state index is 13.9. The first-order valence-electron chi connectivity index (χ1n) is 12.2. The van der Waals surface area contributed by atoms with Crippen LogP contribution in [0.5, 0.6) is 0 Å². The number of aryl methyl sites for hydroxylation is 2. The van der Waals surface area contributed by atoms with Crippen LogP contribution in [0.3, 0.4) is 0 Å². The number of carbonyl (C=O) groups excluding carboxylic acids is 1. The highest BCUT2D eigenvalue weighted by atomic mass is 16.1. The van der Waals surface area contributed by atoms with E-state index in [0.717, 1.165) is 60.6 Å². The SMILES string of the molecule is Cc1nn(C)c2nc(-c3ccccc3)cc(C(=O)NC(CN3CCN(C)CC3)c3ccccc3)c12. The van der Waals surface area contributed by atoms with Gasteiger partial charge in [0, 0.05) is 45.3 Å². The Hall–Kier alpha value is -3.55. The Morgan fingerprint density at radius 2 is 1.63 bits per heavy atom. The molecule has 1 unspecified atom stereocenters. The fourth-order valence-corrected chi connectivity index (χ4v) is 4.83. The van der Waals surface area contributed by atoms with Crippen LogP contribution in [0.15, 0.2) is 66.7 Å². The van der Waals surface area contributed by atoms with Gasteiger partial charge in [0.2, 0.25) is 0 Å². The highest BCUT2D eigenvalue weighted by Gasteiger charge is 2.24. The maximum Gasteiger partial charge on any atom is 0.252 e. The zero-order valence-electron chi connectivity index (χ0n) is 20.6. The third kappa shape index (κ3) is 4.97. The molecule has 35 heavy (non-hydrogen) atoms. The fraction of sp³-hybridized carbons (Fsp3) is 0.321. The van der Waals surface area contributed by atoms with Crippen molar-refractivity contribution in [2.24, 2.45) is 7.05 Å². The molecule has 1 atom stereocenters. The number of pyridine rings is 1. The molecule has 4 aromatic rings. The number of aromatic nitrogens is 3. The second kappa shape index (κ2) is 9.98. The van der Waals surface area contributed by atoms with Gasteiger partial charge >= 0.3 is 0 Å². The average molecular weight is 469 g/mol. The van der Waals surface area contributed by atoms with Crippen molar-refractivity contribution in [1.82, 2.24) is 29.9 Å². The molecule has 1 saturated heterocycles. The number of nitrogens with zero attached hydrogens (tertiary/aromatic N) is 5. The number of nitrogens with one attached hydrogen (secondary N) is 1. The largest absolute Gasteiger partial charge is 0.344 e. The van der Waals surface area contributed by atoms with E-state index in [1.807, 2.05) is 68.6 Å². The molecule has 7 nitrogen and oxygen atoms in total. The average Bonchev–Trinajstić information content (AvgIpc) is 3.18. The van der Waals surface area contributed by atoms with Crippen LogP contribution in [0.4, 0.5) is 0 Å². The van der Waals surface area contributed by atoms with Gasteiger partial charge in [0.1, 0.15) is 0 Å². The minimum Gasteiger partial charge on any atom is -0.344 e. The fourth-order valence-electron chi connectivity index (χ4n) is 4.83. The Kier molecular flexibility index (Phi) is 6.61. The van der Waals surface area contributed by atoms with Gasteiger partial charge in [-0.05, 0) is 25.6 Å². The number of fused-ring (bicyclic) bond motifs is 1. The summed E-state index contributed by atoms with van der Waals surface area (Å²) in [6.07, 6.45) is 0. The van der Waals surface area contributed by atoms with Crippen LogP contribution in [-0.2, 0) is 7.05 Å². The Morgan fingerprint density at radius 3 is 2.31 bits per heavy atom. The number of likely N-dealkylation sites (N-methyl/N-ethyl adjacent to an activating group) is 1. The van der Waals surface area contributed by atoms with E-state index in [-0.39, 0.29) is 11.9 Å². The van der Waals surface area contributed by atoms with E-state index in [1.54, 1.807) is 4.68 Å². The number of hydrogen-bond acceptors (Lipinski definition) is 5. The molecule has 2 aromatic carbocycles. The second-order valence-electron chi connectivity index (χ2n) is 9.37. The van der Waals surface area contributed by atoms with Gasteiger partial charge in [0.15, 0.2) is 5.65 Å². The smallest absolute Gasteiger partial charge is 0.252 e. The molecule has 7 heteroatoms. The predicted molar refractivity (Wildman–Crippen MR) is 139 cm³/mol. The zero-order chi connectivity index (χ0) is 24.4. The normalized spacial score (nSPS) is 15.9. The lowest BCUT2D eigenvalue weighted by atomic mass is 10.0. The van der Waals surface area contributed by atoms with Gasteiger partial charge in [-0.2, -0.15) is 5.10 Å². The summed E-state index contributed by atoms with van der Waals surface area (Å²) in [7, 11) is 4.03.